The molecule has 8 atom stereocenters. The Morgan fingerprint density at radius 3 is 2.13 bits per heavy atom. The molecule has 0 saturated heterocycles. The van der Waals surface area contributed by atoms with Gasteiger partial charge >= 0.3 is 5.97 Å². The topological polar surface area (TPSA) is 130 Å². The van der Waals surface area contributed by atoms with Crippen LogP contribution in [-0.4, -0.2) is 12.1 Å². The van der Waals surface area contributed by atoms with Crippen LogP contribution in [0.1, 0.15) is 108 Å². The molecule has 2 aromatic rings. The average molecular weight is 627 g/mol. The lowest BCUT2D eigenvalue weighted by molar-refractivity contribution is -0.0811. The van der Waals surface area contributed by atoms with Crippen LogP contribution in [0, 0.1) is 40.4 Å². The molecule has 3 fully saturated rings. The Bertz CT molecular complexity index is 1390. The standard InChI is InChI=1S/C32H46N2O2.C8H12N2/c1-4-5-6-7-8-22-10-12-28-27-11-9-23-19-26(36-30(35)21-17-24(33)20-25(34)18-21)13-15-32(23,3)29(27)14-16-31(22,28)2;1-2-6-3-7(9)5-8(10)4-6/h4-5,9,11,17-18,20,22-23,26-29H,6-8,10,12-16,19,33-34H2,1-3H3;3-5H,2,9-10H2,1H3/b5-4-;. The first-order valence-electron chi connectivity index (χ1n) is 17.8. The van der Waals surface area contributed by atoms with Crippen molar-refractivity contribution < 1.29 is 9.53 Å². The normalized spacial score (nSPS) is 33.0. The molecule has 3 saturated carbocycles. The summed E-state index contributed by atoms with van der Waals surface area (Å²) in [6.07, 6.45) is 23.1. The molecular weight excluding hydrogens is 568 g/mol. The number of anilines is 4. The smallest absolute Gasteiger partial charge is 0.338 e. The Balaban J connectivity index is 0.000000356. The van der Waals surface area contributed by atoms with Crippen LogP contribution in [0.25, 0.3) is 0 Å². The molecule has 6 rings (SSSR count). The van der Waals surface area contributed by atoms with Gasteiger partial charge in [0.1, 0.15) is 6.10 Å². The van der Waals surface area contributed by atoms with E-state index in [2.05, 4.69) is 52.0 Å². The molecule has 8 N–H and O–H groups in total. The number of aryl methyl sites for hydroxylation is 1. The van der Waals surface area contributed by atoms with Crippen molar-refractivity contribution in [3.05, 3.63) is 71.8 Å². The lowest BCUT2D eigenvalue weighted by atomic mass is 9.46. The van der Waals surface area contributed by atoms with Gasteiger partial charge in [-0.15, -0.1) is 0 Å². The maximum Gasteiger partial charge on any atom is 0.338 e. The average Bonchev–Trinajstić information content (AvgIpc) is 3.35. The van der Waals surface area contributed by atoms with Crippen LogP contribution in [-0.2, 0) is 11.2 Å². The maximum absolute atomic E-state index is 12.8. The number of hydrogen-bond acceptors (Lipinski definition) is 6. The number of carbonyl (C=O) groups is 1. The summed E-state index contributed by atoms with van der Waals surface area (Å²) < 4.78 is 5.98. The quantitative estimate of drug-likeness (QED) is 0.105. The highest BCUT2D eigenvalue weighted by Gasteiger charge is 2.58. The molecule has 8 unspecified atom stereocenters. The van der Waals surface area contributed by atoms with E-state index in [0.717, 1.165) is 60.7 Å². The molecule has 46 heavy (non-hydrogen) atoms. The lowest BCUT2D eigenvalue weighted by Gasteiger charge is -2.59. The lowest BCUT2D eigenvalue weighted by Crippen LogP contribution is -2.52. The number of unbranched alkanes of at least 4 members (excludes halogenated alkanes) is 1. The van der Waals surface area contributed by atoms with E-state index in [0.29, 0.717) is 33.7 Å². The van der Waals surface area contributed by atoms with Gasteiger partial charge in [0.2, 0.25) is 0 Å². The van der Waals surface area contributed by atoms with Crippen LogP contribution < -0.4 is 22.9 Å². The fraction of sp³-hybridized carbons (Fsp3) is 0.575. The summed E-state index contributed by atoms with van der Waals surface area (Å²) in [5.41, 5.74) is 27.8. The van der Waals surface area contributed by atoms with Crippen molar-refractivity contribution in [1.29, 1.82) is 0 Å². The summed E-state index contributed by atoms with van der Waals surface area (Å²) in [7, 11) is 0. The molecule has 4 aliphatic carbocycles. The highest BCUT2D eigenvalue weighted by molar-refractivity contribution is 5.91. The van der Waals surface area contributed by atoms with E-state index in [1.165, 1.54) is 50.5 Å². The van der Waals surface area contributed by atoms with Gasteiger partial charge in [-0.2, -0.15) is 0 Å². The zero-order valence-electron chi connectivity index (χ0n) is 28.6. The van der Waals surface area contributed by atoms with E-state index < -0.39 is 0 Å². The van der Waals surface area contributed by atoms with E-state index in [1.807, 2.05) is 12.1 Å². The summed E-state index contributed by atoms with van der Waals surface area (Å²) in [4.78, 5) is 12.8. The van der Waals surface area contributed by atoms with Crippen LogP contribution in [0.3, 0.4) is 0 Å². The van der Waals surface area contributed by atoms with E-state index in [4.69, 9.17) is 27.7 Å². The molecular formula is C40H58N4O2. The molecule has 4 aliphatic rings. The number of hydrogen-bond donors (Lipinski definition) is 4. The van der Waals surface area contributed by atoms with Gasteiger partial charge in [-0.3, -0.25) is 0 Å². The van der Waals surface area contributed by atoms with Gasteiger partial charge in [0.15, 0.2) is 0 Å². The molecule has 6 nitrogen and oxygen atoms in total. The number of fused-ring (bicyclic) bond motifs is 5. The number of allylic oxidation sites excluding steroid dienone is 4. The zero-order valence-corrected chi connectivity index (χ0v) is 28.6. The van der Waals surface area contributed by atoms with E-state index in [9.17, 15) is 4.79 Å². The maximum atomic E-state index is 12.8. The highest BCUT2D eigenvalue weighted by Crippen LogP contribution is 2.66. The van der Waals surface area contributed by atoms with Gasteiger partial charge in [-0.05, 0) is 160 Å². The van der Waals surface area contributed by atoms with Crippen molar-refractivity contribution in [3.8, 4) is 0 Å². The first-order chi connectivity index (χ1) is 22.0. The minimum absolute atomic E-state index is 0.0404. The third kappa shape index (κ3) is 7.11. The summed E-state index contributed by atoms with van der Waals surface area (Å²) in [5.74, 6) is 3.39. The van der Waals surface area contributed by atoms with Crippen LogP contribution >= 0.6 is 0 Å². The number of ether oxygens (including phenoxy) is 1. The molecule has 2 aromatic carbocycles. The van der Waals surface area contributed by atoms with Crippen LogP contribution in [0.15, 0.2) is 60.7 Å². The largest absolute Gasteiger partial charge is 0.459 e. The minimum Gasteiger partial charge on any atom is -0.459 e. The van der Waals surface area contributed by atoms with Gasteiger partial charge in [-0.1, -0.05) is 45.1 Å². The van der Waals surface area contributed by atoms with Gasteiger partial charge in [0.25, 0.3) is 0 Å². The van der Waals surface area contributed by atoms with E-state index in [1.54, 1.807) is 24.3 Å². The Labute approximate surface area is 277 Å². The Hall–Kier alpha value is -3.41. The second kappa shape index (κ2) is 14.1. The second-order valence-corrected chi connectivity index (χ2v) is 15.2. The molecule has 0 spiro atoms. The fourth-order valence-electron chi connectivity index (χ4n) is 9.88. The Morgan fingerprint density at radius 1 is 0.848 bits per heavy atom. The van der Waals surface area contributed by atoms with Crippen LogP contribution in [0.2, 0.25) is 0 Å². The second-order valence-electron chi connectivity index (χ2n) is 15.2. The molecule has 0 radical (unpaired) electrons. The third-order valence-electron chi connectivity index (χ3n) is 12.4. The SMILES string of the molecule is C/C=C\CCCC1CCC2C3C=CC4CC(OC(=O)c5cc(N)cc(N)c5)CCC4(C)C3CCC12C.CCc1cc(N)cc(N)c1. The molecule has 0 amide bonds. The fourth-order valence-corrected chi connectivity index (χ4v) is 9.88. The molecule has 0 bridgehead atoms. The molecule has 0 aromatic heterocycles. The number of nitrogen functional groups attached to an aromatic ring is 4. The Morgan fingerprint density at radius 2 is 1.48 bits per heavy atom. The number of rotatable bonds is 7. The van der Waals surface area contributed by atoms with Gasteiger partial charge in [0.05, 0.1) is 5.56 Å². The summed E-state index contributed by atoms with van der Waals surface area (Å²) >= 11 is 0. The summed E-state index contributed by atoms with van der Waals surface area (Å²) in [6, 6.07) is 10.6. The van der Waals surface area contributed by atoms with Gasteiger partial charge in [0, 0.05) is 22.7 Å². The molecule has 0 heterocycles. The number of benzene rings is 2. The number of esters is 1. The van der Waals surface area contributed by atoms with Crippen molar-refractivity contribution in [2.24, 2.45) is 40.4 Å². The van der Waals surface area contributed by atoms with Crippen molar-refractivity contribution in [2.45, 2.75) is 104 Å². The van der Waals surface area contributed by atoms with Gasteiger partial charge < -0.3 is 27.7 Å². The first kappa shape index (κ1) is 33.9. The highest BCUT2D eigenvalue weighted by atomic mass is 16.5. The molecule has 250 valence electrons. The first-order valence-corrected chi connectivity index (χ1v) is 17.8. The minimum atomic E-state index is -0.305. The number of carbonyl (C=O) groups excluding carboxylic acids is 1. The predicted octanol–water partition coefficient (Wildman–Crippen LogP) is 8.97. The zero-order chi connectivity index (χ0) is 33.1. The summed E-state index contributed by atoms with van der Waals surface area (Å²) in [5, 5.41) is 0. The Kier molecular flexibility index (Phi) is 10.4. The van der Waals surface area contributed by atoms with E-state index >= 15 is 0 Å². The van der Waals surface area contributed by atoms with Gasteiger partial charge in [-0.25, -0.2) is 4.79 Å². The molecule has 0 aliphatic heterocycles. The van der Waals surface area contributed by atoms with Crippen LogP contribution in [0.5, 0.6) is 0 Å². The summed E-state index contributed by atoms with van der Waals surface area (Å²) in [6.45, 7) is 9.38. The number of nitrogens with two attached hydrogens (primary N) is 4. The van der Waals surface area contributed by atoms with Crippen molar-refractivity contribution in [2.75, 3.05) is 22.9 Å². The van der Waals surface area contributed by atoms with E-state index in [-0.39, 0.29) is 12.1 Å². The van der Waals surface area contributed by atoms with Crippen LogP contribution in [0.4, 0.5) is 22.7 Å². The predicted molar refractivity (Wildman–Crippen MR) is 193 cm³/mol. The van der Waals surface area contributed by atoms with Crippen molar-refractivity contribution in [3.63, 3.8) is 0 Å². The molecule has 6 heteroatoms. The van der Waals surface area contributed by atoms with Crippen molar-refractivity contribution >= 4 is 28.7 Å². The van der Waals surface area contributed by atoms with Crippen molar-refractivity contribution in [1.82, 2.24) is 0 Å². The monoisotopic (exact) mass is 626 g/mol. The third-order valence-corrected chi connectivity index (χ3v) is 12.4.